The average molecular weight is 492 g/mol. The van der Waals surface area contributed by atoms with Gasteiger partial charge >= 0.3 is 5.69 Å². The molecule has 0 saturated carbocycles. The van der Waals surface area contributed by atoms with E-state index in [1.165, 1.54) is 0 Å². The lowest BCUT2D eigenvalue weighted by Crippen LogP contribution is -2.34. The van der Waals surface area contributed by atoms with Crippen LogP contribution >= 0.6 is 23.5 Å². The first-order valence-electron chi connectivity index (χ1n) is 7.48. The van der Waals surface area contributed by atoms with Crippen LogP contribution in [0.1, 0.15) is 23.0 Å². The maximum Gasteiger partial charge on any atom is 0.330 e. The second-order valence-corrected chi connectivity index (χ2v) is 9.85. The smallest absolute Gasteiger partial charge is 0.330 e. The van der Waals surface area contributed by atoms with Gasteiger partial charge in [-0.3, -0.25) is 32.6 Å². The van der Waals surface area contributed by atoms with Crippen LogP contribution in [0.5, 0.6) is 0 Å². The van der Waals surface area contributed by atoms with Crippen molar-refractivity contribution in [2.75, 3.05) is 6.61 Å². The van der Waals surface area contributed by atoms with Crippen molar-refractivity contribution in [1.82, 2.24) is 9.55 Å². The second-order valence-electron chi connectivity index (χ2n) is 5.60. The minimum atomic E-state index is -6.15. The van der Waals surface area contributed by atoms with Crippen molar-refractivity contribution in [2.45, 2.75) is 24.9 Å². The van der Waals surface area contributed by atoms with Crippen LogP contribution in [0.4, 0.5) is 0 Å². The fourth-order valence-corrected chi connectivity index (χ4v) is 5.15. The van der Waals surface area contributed by atoms with E-state index in [9.17, 15) is 52.8 Å². The van der Waals surface area contributed by atoms with Gasteiger partial charge < -0.3 is 38.5 Å². The summed E-state index contributed by atoms with van der Waals surface area (Å²) >= 11 is 0. The van der Waals surface area contributed by atoms with Crippen LogP contribution in [0.3, 0.4) is 0 Å². The molecule has 1 aromatic rings. The van der Waals surface area contributed by atoms with Gasteiger partial charge in [0.1, 0.15) is 12.3 Å². The third kappa shape index (κ3) is 6.85. The first-order chi connectivity index (χ1) is 13.6. The van der Waals surface area contributed by atoms with Crippen molar-refractivity contribution in [3.8, 4) is 0 Å². The summed E-state index contributed by atoms with van der Waals surface area (Å²) in [7, 11) is -18.1. The quantitative estimate of drug-likeness (QED) is 0.244. The zero-order valence-electron chi connectivity index (χ0n) is 14.3. The van der Waals surface area contributed by atoms with Gasteiger partial charge in [0.05, 0.1) is 26.1 Å². The Morgan fingerprint density at radius 2 is 1.83 bits per heavy atom. The Morgan fingerprint density at radius 1 is 1.20 bits per heavy atom. The molecule has 0 aliphatic carbocycles. The average Bonchev–Trinajstić information content (AvgIpc) is 2.90. The molecule has 0 amide bonds. The van der Waals surface area contributed by atoms with E-state index in [2.05, 4.69) is 13.1 Å². The number of ether oxygens (including phenoxy) is 1. The molecule has 30 heavy (non-hydrogen) atoms. The predicted octanol–water partition coefficient (Wildman–Crippen LogP) is -4.19. The molecule has 5 atom stereocenters. The molecule has 1 saturated heterocycles. The second kappa shape index (κ2) is 9.04. The Kier molecular flexibility index (Phi) is 7.52. The molecule has 0 radical (unpaired) electrons. The lowest BCUT2D eigenvalue weighted by Gasteiger charge is -2.37. The van der Waals surface area contributed by atoms with Crippen LogP contribution < -0.4 is 30.8 Å². The number of phosphoric acid groups is 3. The molecular formula is C10H11N2O15P3-4. The van der Waals surface area contributed by atoms with Crippen LogP contribution in [0.25, 0.3) is 0 Å². The van der Waals surface area contributed by atoms with Gasteiger partial charge in [-0.05, 0) is 0 Å². The SMILES string of the molecule is O=Cc1cn(C2CC(O)C(COP(=O)([O-])OP(=O)([O-])OP(=O)([O-])[O-])O2)c(=O)[nH]c1=O. The van der Waals surface area contributed by atoms with Crippen molar-refractivity contribution in [3.05, 3.63) is 32.6 Å². The Labute approximate surface area is 165 Å². The largest absolute Gasteiger partial charge is 0.790 e. The topological polar surface area (TPSA) is 273 Å². The number of nitrogens with zero attached hydrogens (tertiary/aromatic N) is 1. The number of aliphatic hydroxyl groups excluding tert-OH is 1. The van der Waals surface area contributed by atoms with E-state index in [4.69, 9.17) is 4.74 Å². The maximum atomic E-state index is 11.8. The fourth-order valence-electron chi connectivity index (χ4n) is 2.28. The fraction of sp³-hybridized carbons (Fsp3) is 0.500. The number of carbonyl (C=O) groups excluding carboxylic acids is 1. The van der Waals surface area contributed by atoms with E-state index in [1.807, 2.05) is 4.98 Å². The van der Waals surface area contributed by atoms with Crippen molar-refractivity contribution >= 4 is 29.8 Å². The minimum Gasteiger partial charge on any atom is -0.790 e. The molecule has 1 aromatic heterocycles. The number of rotatable bonds is 9. The van der Waals surface area contributed by atoms with Crippen LogP contribution in [0.2, 0.25) is 0 Å². The van der Waals surface area contributed by atoms with Gasteiger partial charge in [-0.1, -0.05) is 0 Å². The Morgan fingerprint density at radius 3 is 2.40 bits per heavy atom. The molecular weight excluding hydrogens is 481 g/mol. The van der Waals surface area contributed by atoms with Crippen molar-refractivity contribution in [3.63, 3.8) is 0 Å². The summed E-state index contributed by atoms with van der Waals surface area (Å²) < 4.78 is 49.2. The number of aldehydes is 1. The van der Waals surface area contributed by atoms with Crippen molar-refractivity contribution in [1.29, 1.82) is 0 Å². The molecule has 0 bridgehead atoms. The number of phosphoric ester groups is 1. The zero-order valence-corrected chi connectivity index (χ0v) is 16.9. The molecule has 1 aliphatic rings. The summed E-state index contributed by atoms with van der Waals surface area (Å²) in [5.41, 5.74) is -2.42. The number of hydrogen-bond acceptors (Lipinski definition) is 15. The Hall–Kier alpha value is -1.32. The van der Waals surface area contributed by atoms with Gasteiger partial charge in [0.2, 0.25) is 0 Å². The third-order valence-corrected chi connectivity index (χ3v) is 7.10. The summed E-state index contributed by atoms with van der Waals surface area (Å²) in [6.45, 7) is -1.07. The van der Waals surface area contributed by atoms with E-state index in [0.29, 0.717) is 0 Å². The predicted molar refractivity (Wildman–Crippen MR) is 82.2 cm³/mol. The summed E-state index contributed by atoms with van der Waals surface area (Å²) in [6.07, 6.45) is -3.56. The van der Waals surface area contributed by atoms with Gasteiger partial charge in [0, 0.05) is 12.6 Å². The summed E-state index contributed by atoms with van der Waals surface area (Å²) in [6, 6.07) is 0. The standard InChI is InChI=1S/C10H15N2O15P3/c13-3-5-2-12(10(16)11-9(5)15)8-1-6(14)7(25-8)4-24-29(20,21)27-30(22,23)26-28(17,18)19/h2-3,6-8,14H,1,4H2,(H,20,21)(H,22,23)(H,11,15,16)(H2,17,18,19)/p-4. The molecule has 2 heterocycles. The number of aromatic amines is 1. The van der Waals surface area contributed by atoms with Crippen LogP contribution in [0, 0.1) is 0 Å². The summed E-state index contributed by atoms with van der Waals surface area (Å²) in [5.74, 6) is 0. The number of nitrogens with one attached hydrogen (secondary N) is 1. The van der Waals surface area contributed by atoms with Crippen LogP contribution in [-0.2, 0) is 31.6 Å². The number of hydrogen-bond donors (Lipinski definition) is 2. The molecule has 2 N–H and O–H groups in total. The van der Waals surface area contributed by atoms with Crippen LogP contribution in [0.15, 0.2) is 15.8 Å². The Balaban J connectivity index is 2.05. The summed E-state index contributed by atoms with van der Waals surface area (Å²) in [5, 5.41) is 9.92. The highest BCUT2D eigenvalue weighted by molar-refractivity contribution is 7.64. The monoisotopic (exact) mass is 492 g/mol. The Bertz CT molecular complexity index is 1060. The number of carbonyl (C=O) groups is 1. The van der Waals surface area contributed by atoms with Crippen molar-refractivity contribution < 1.29 is 61.1 Å². The van der Waals surface area contributed by atoms with Gasteiger partial charge in [-0.15, -0.1) is 0 Å². The molecule has 0 spiro atoms. The first kappa shape index (κ1) is 24.9. The highest BCUT2D eigenvalue weighted by Gasteiger charge is 2.37. The van der Waals surface area contributed by atoms with Gasteiger partial charge in [0.25, 0.3) is 21.2 Å². The molecule has 1 fully saturated rings. The minimum absolute atomic E-state index is 0.151. The third-order valence-electron chi connectivity index (χ3n) is 3.43. The lowest BCUT2D eigenvalue weighted by atomic mass is 10.2. The number of H-pyrrole nitrogens is 1. The van der Waals surface area contributed by atoms with Crippen molar-refractivity contribution in [2.24, 2.45) is 0 Å². The lowest BCUT2D eigenvalue weighted by molar-refractivity contribution is -0.339. The van der Waals surface area contributed by atoms with Crippen LogP contribution in [-0.4, -0.2) is 39.8 Å². The normalized spacial score (nSPS) is 26.1. The van der Waals surface area contributed by atoms with E-state index < -0.39 is 65.3 Å². The number of aliphatic hydroxyl groups is 1. The molecule has 17 nitrogen and oxygen atoms in total. The number of aromatic nitrogens is 2. The van der Waals surface area contributed by atoms with Gasteiger partial charge in [-0.2, -0.15) is 0 Å². The molecule has 2 rings (SSSR count). The highest BCUT2D eigenvalue weighted by atomic mass is 31.3. The highest BCUT2D eigenvalue weighted by Crippen LogP contribution is 2.60. The zero-order chi connectivity index (χ0) is 22.9. The van der Waals surface area contributed by atoms with E-state index in [0.717, 1.165) is 10.8 Å². The maximum absolute atomic E-state index is 11.8. The molecule has 5 unspecified atom stereocenters. The summed E-state index contributed by atoms with van der Waals surface area (Å²) in [4.78, 5) is 78.9. The van der Waals surface area contributed by atoms with E-state index in [-0.39, 0.29) is 12.7 Å². The molecule has 170 valence electrons. The molecule has 1 aliphatic heterocycles. The first-order valence-corrected chi connectivity index (χ1v) is 11.9. The molecule has 0 aromatic carbocycles. The van der Waals surface area contributed by atoms with E-state index >= 15 is 0 Å². The van der Waals surface area contributed by atoms with E-state index in [1.54, 1.807) is 0 Å². The van der Waals surface area contributed by atoms with Gasteiger partial charge in [-0.25, -0.2) is 9.11 Å². The molecule has 20 heteroatoms. The van der Waals surface area contributed by atoms with Gasteiger partial charge in [0.15, 0.2) is 6.29 Å².